The number of aliphatic hydroxyl groups excluding tert-OH is 1. The summed E-state index contributed by atoms with van der Waals surface area (Å²) in [5, 5.41) is 9.29. The van der Waals surface area contributed by atoms with E-state index >= 15 is 0 Å². The van der Waals surface area contributed by atoms with Crippen LogP contribution in [0, 0.1) is 6.92 Å². The lowest BCUT2D eigenvalue weighted by Crippen LogP contribution is -1.99. The maximum absolute atomic E-state index is 8.54. The highest BCUT2D eigenvalue weighted by atomic mass is 35.5. The molecule has 0 spiro atoms. The third-order valence-corrected chi connectivity index (χ3v) is 2.12. The van der Waals surface area contributed by atoms with Crippen molar-refractivity contribution >= 4 is 11.6 Å². The molecule has 1 aromatic carbocycles. The predicted molar refractivity (Wildman–Crippen MR) is 53.4 cm³/mol. The van der Waals surface area contributed by atoms with Crippen molar-refractivity contribution < 1.29 is 9.84 Å². The number of aryl methyl sites for hydroxylation is 1. The molecule has 0 fully saturated rings. The van der Waals surface area contributed by atoms with Gasteiger partial charge in [-0.05, 0) is 30.7 Å². The number of ether oxygens (including phenoxy) is 1. The Hall–Kier alpha value is -0.730. The number of halogens is 1. The molecule has 72 valence electrons. The van der Waals surface area contributed by atoms with Gasteiger partial charge >= 0.3 is 0 Å². The zero-order valence-corrected chi connectivity index (χ0v) is 8.34. The second kappa shape index (κ2) is 5.10. The topological polar surface area (TPSA) is 29.5 Å². The molecular formula is C10H13ClO2. The molecule has 1 N–H and O–H groups in total. The minimum Gasteiger partial charge on any atom is -0.493 e. The molecule has 13 heavy (non-hydrogen) atoms. The number of hydrogen-bond acceptors (Lipinski definition) is 2. The Labute approximate surface area is 83.1 Å². The molecule has 0 bridgehead atoms. The van der Waals surface area contributed by atoms with E-state index in [4.69, 9.17) is 21.4 Å². The van der Waals surface area contributed by atoms with Gasteiger partial charge in [-0.1, -0.05) is 11.6 Å². The summed E-state index contributed by atoms with van der Waals surface area (Å²) in [6.07, 6.45) is 0.654. The summed E-state index contributed by atoms with van der Waals surface area (Å²) in [5.74, 6) is 0.801. The smallest absolute Gasteiger partial charge is 0.119 e. The molecule has 0 aliphatic rings. The molecule has 0 atom stereocenters. The van der Waals surface area contributed by atoms with E-state index in [-0.39, 0.29) is 6.61 Å². The standard InChI is InChI=1S/C10H13ClO2/c1-8-7-9(3-4-10(8)11)13-6-2-5-12/h3-4,7,12H,2,5-6H2,1H3. The van der Waals surface area contributed by atoms with Gasteiger partial charge in [-0.3, -0.25) is 0 Å². The van der Waals surface area contributed by atoms with E-state index in [9.17, 15) is 0 Å². The van der Waals surface area contributed by atoms with E-state index < -0.39 is 0 Å². The molecule has 0 saturated heterocycles. The van der Waals surface area contributed by atoms with Crippen LogP contribution in [-0.4, -0.2) is 18.3 Å². The van der Waals surface area contributed by atoms with Crippen LogP contribution in [0.1, 0.15) is 12.0 Å². The second-order valence-corrected chi connectivity index (χ2v) is 3.24. The van der Waals surface area contributed by atoms with Gasteiger partial charge in [0.2, 0.25) is 0 Å². The van der Waals surface area contributed by atoms with Crippen molar-refractivity contribution in [1.82, 2.24) is 0 Å². The van der Waals surface area contributed by atoms with Gasteiger partial charge in [-0.15, -0.1) is 0 Å². The average Bonchev–Trinajstić information content (AvgIpc) is 2.12. The SMILES string of the molecule is Cc1cc(OCCCO)ccc1Cl. The quantitative estimate of drug-likeness (QED) is 0.757. The van der Waals surface area contributed by atoms with Crippen LogP contribution in [-0.2, 0) is 0 Å². The maximum Gasteiger partial charge on any atom is 0.119 e. The van der Waals surface area contributed by atoms with Crippen LogP contribution in [0.3, 0.4) is 0 Å². The third-order valence-electron chi connectivity index (χ3n) is 1.70. The predicted octanol–water partition coefficient (Wildman–Crippen LogP) is 2.41. The number of rotatable bonds is 4. The highest BCUT2D eigenvalue weighted by Crippen LogP contribution is 2.20. The molecule has 0 aliphatic heterocycles. The molecule has 0 unspecified atom stereocenters. The van der Waals surface area contributed by atoms with E-state index in [1.165, 1.54) is 0 Å². The van der Waals surface area contributed by atoms with E-state index in [1.54, 1.807) is 0 Å². The average molecular weight is 201 g/mol. The third kappa shape index (κ3) is 3.25. The zero-order valence-electron chi connectivity index (χ0n) is 7.59. The van der Waals surface area contributed by atoms with Gasteiger partial charge in [0, 0.05) is 18.1 Å². The molecule has 2 nitrogen and oxygen atoms in total. The normalized spacial score (nSPS) is 10.1. The Morgan fingerprint density at radius 1 is 1.46 bits per heavy atom. The van der Waals surface area contributed by atoms with Crippen LogP contribution in [0.4, 0.5) is 0 Å². The summed E-state index contributed by atoms with van der Waals surface area (Å²) < 4.78 is 5.36. The van der Waals surface area contributed by atoms with Crippen LogP contribution < -0.4 is 4.74 Å². The van der Waals surface area contributed by atoms with Gasteiger partial charge in [0.15, 0.2) is 0 Å². The Morgan fingerprint density at radius 2 is 2.23 bits per heavy atom. The van der Waals surface area contributed by atoms with Crippen LogP contribution in [0.15, 0.2) is 18.2 Å². The summed E-state index contributed by atoms with van der Waals surface area (Å²) in [4.78, 5) is 0. The van der Waals surface area contributed by atoms with Crippen molar-refractivity contribution in [2.45, 2.75) is 13.3 Å². The molecule has 0 radical (unpaired) electrons. The fraction of sp³-hybridized carbons (Fsp3) is 0.400. The lowest BCUT2D eigenvalue weighted by atomic mass is 10.2. The number of hydrogen-bond donors (Lipinski definition) is 1. The molecule has 0 saturated carbocycles. The summed E-state index contributed by atoms with van der Waals surface area (Å²) in [6, 6.07) is 5.53. The monoisotopic (exact) mass is 200 g/mol. The van der Waals surface area contributed by atoms with Crippen molar-refractivity contribution in [3.05, 3.63) is 28.8 Å². The molecule has 0 aliphatic carbocycles. The van der Waals surface area contributed by atoms with E-state index in [0.29, 0.717) is 13.0 Å². The minimum atomic E-state index is 0.159. The molecule has 0 aromatic heterocycles. The number of benzene rings is 1. The van der Waals surface area contributed by atoms with E-state index in [1.807, 2.05) is 25.1 Å². The largest absolute Gasteiger partial charge is 0.493 e. The van der Waals surface area contributed by atoms with Crippen molar-refractivity contribution in [3.8, 4) is 5.75 Å². The lowest BCUT2D eigenvalue weighted by molar-refractivity contribution is 0.233. The first kappa shape index (κ1) is 10.4. The van der Waals surface area contributed by atoms with Gasteiger partial charge in [0.1, 0.15) is 5.75 Å². The molecule has 0 heterocycles. The Kier molecular flexibility index (Phi) is 4.06. The van der Waals surface area contributed by atoms with Crippen molar-refractivity contribution in [2.24, 2.45) is 0 Å². The molecule has 3 heteroatoms. The van der Waals surface area contributed by atoms with E-state index in [2.05, 4.69) is 0 Å². The van der Waals surface area contributed by atoms with Gasteiger partial charge in [-0.2, -0.15) is 0 Å². The Balaban J connectivity index is 2.53. The second-order valence-electron chi connectivity index (χ2n) is 2.84. The first-order chi connectivity index (χ1) is 6.24. The van der Waals surface area contributed by atoms with Crippen molar-refractivity contribution in [1.29, 1.82) is 0 Å². The first-order valence-electron chi connectivity index (χ1n) is 4.24. The van der Waals surface area contributed by atoms with Crippen molar-refractivity contribution in [2.75, 3.05) is 13.2 Å². The van der Waals surface area contributed by atoms with Crippen LogP contribution in [0.2, 0.25) is 5.02 Å². The van der Waals surface area contributed by atoms with Gasteiger partial charge in [0.05, 0.1) is 6.61 Å². The summed E-state index contributed by atoms with van der Waals surface area (Å²) in [7, 11) is 0. The van der Waals surface area contributed by atoms with Crippen molar-refractivity contribution in [3.63, 3.8) is 0 Å². The molecule has 1 rings (SSSR count). The summed E-state index contributed by atoms with van der Waals surface area (Å²) in [6.45, 7) is 2.63. The van der Waals surface area contributed by atoms with Crippen LogP contribution in [0.25, 0.3) is 0 Å². The van der Waals surface area contributed by atoms with E-state index in [0.717, 1.165) is 16.3 Å². The zero-order chi connectivity index (χ0) is 9.68. The van der Waals surface area contributed by atoms with Gasteiger partial charge in [-0.25, -0.2) is 0 Å². The summed E-state index contributed by atoms with van der Waals surface area (Å²) >= 11 is 5.85. The van der Waals surface area contributed by atoms with Crippen LogP contribution >= 0.6 is 11.6 Å². The first-order valence-corrected chi connectivity index (χ1v) is 4.61. The fourth-order valence-electron chi connectivity index (χ4n) is 0.962. The minimum absolute atomic E-state index is 0.159. The highest BCUT2D eigenvalue weighted by molar-refractivity contribution is 6.31. The fourth-order valence-corrected chi connectivity index (χ4v) is 1.08. The summed E-state index contributed by atoms with van der Waals surface area (Å²) in [5.41, 5.74) is 1.00. The van der Waals surface area contributed by atoms with Gasteiger partial charge in [0.25, 0.3) is 0 Å². The van der Waals surface area contributed by atoms with Gasteiger partial charge < -0.3 is 9.84 Å². The maximum atomic E-state index is 8.54. The molecule has 1 aromatic rings. The highest BCUT2D eigenvalue weighted by Gasteiger charge is 1.97. The molecular weight excluding hydrogens is 188 g/mol. The molecule has 0 amide bonds. The lowest BCUT2D eigenvalue weighted by Gasteiger charge is -2.06. The Bertz CT molecular complexity index is 274. The Morgan fingerprint density at radius 3 is 2.85 bits per heavy atom. The van der Waals surface area contributed by atoms with Crippen LogP contribution in [0.5, 0.6) is 5.75 Å². The number of aliphatic hydroxyl groups is 1.